The third kappa shape index (κ3) is 1.33. The molecule has 0 unspecified atom stereocenters. The van der Waals surface area contributed by atoms with Gasteiger partial charge in [-0.25, -0.2) is 0 Å². The fourth-order valence-corrected chi connectivity index (χ4v) is 1.19. The first-order chi connectivity index (χ1) is 6.59. The van der Waals surface area contributed by atoms with E-state index in [1.54, 1.807) is 0 Å². The van der Waals surface area contributed by atoms with Crippen LogP contribution in [0.5, 0.6) is 0 Å². The number of hydrogen-bond donors (Lipinski definition) is 0. The van der Waals surface area contributed by atoms with E-state index >= 15 is 0 Å². The van der Waals surface area contributed by atoms with Gasteiger partial charge >= 0.3 is 0 Å². The van der Waals surface area contributed by atoms with Gasteiger partial charge in [0.05, 0.1) is 6.53 Å². The monoisotopic (exact) mass is 197 g/mol. The van der Waals surface area contributed by atoms with Crippen LogP contribution in [-0.2, 0) is 6.37 Å². The number of thiophene rings is 1. The van der Waals surface area contributed by atoms with Crippen LogP contribution in [0.1, 0.15) is 22.0 Å². The van der Waals surface area contributed by atoms with Gasteiger partial charge in [0.2, 0.25) is 0 Å². The lowest BCUT2D eigenvalue weighted by Crippen LogP contribution is -1.66. The molecule has 8 heavy (non-hydrogen) atoms. The van der Waals surface area contributed by atoms with E-state index in [-0.39, 0.29) is 20.7 Å². The van der Waals surface area contributed by atoms with Crippen molar-refractivity contribution in [3.63, 3.8) is 0 Å². The molecule has 1 aromatic heterocycles. The average molecular weight is 198 g/mol. The van der Waals surface area contributed by atoms with Crippen molar-refractivity contribution in [2.24, 2.45) is 0 Å². The zero-order chi connectivity index (χ0) is 12.0. The molecule has 0 fully saturated rings. The Bertz CT molecular complexity index is 380. The van der Waals surface area contributed by atoms with Crippen LogP contribution in [0.2, 0.25) is 0 Å². The van der Waals surface area contributed by atoms with Crippen LogP contribution in [0.25, 0.3) is 0 Å². The molecule has 0 nitrogen and oxygen atoms in total. The maximum atomic E-state index is 7.51. The second-order valence-corrected chi connectivity index (χ2v) is 3.24. The van der Waals surface area contributed by atoms with E-state index in [1.165, 1.54) is 0 Å². The van der Waals surface area contributed by atoms with Crippen LogP contribution in [0.4, 0.5) is 0 Å². The normalized spacial score (nSPS) is 25.9. The highest BCUT2D eigenvalue weighted by Gasteiger charge is 1.90. The summed E-state index contributed by atoms with van der Waals surface area (Å²) in [6.07, 6.45) is -2.66. The molecular weight excluding hydrogens is 184 g/mol. The van der Waals surface area contributed by atoms with Gasteiger partial charge in [-0.2, -0.15) is 0 Å². The minimum atomic E-state index is -2.88. The number of hydrogen-bond acceptors (Lipinski definition) is 1. The lowest BCUT2D eigenvalue weighted by molar-refractivity contribution is 1.15. The van der Waals surface area contributed by atoms with Crippen molar-refractivity contribution >= 4 is 27.3 Å². The minimum Gasteiger partial charge on any atom is -0.137 e. The molecule has 0 spiro atoms. The standard InChI is InChI=1S/C6H7BrS/c1-2-5-3-6(7)8-4-5/h3-4H,2H2,1H3/i1D3,2D2,3D,4D. The third-order valence-corrected chi connectivity index (χ3v) is 1.86. The van der Waals surface area contributed by atoms with Gasteiger partial charge in [-0.05, 0) is 39.3 Å². The Labute approximate surface area is 71.5 Å². The predicted molar refractivity (Wildman–Crippen MR) is 41.4 cm³/mol. The molecule has 0 aliphatic rings. The lowest BCUT2D eigenvalue weighted by Gasteiger charge is -1.79. The Morgan fingerprint density at radius 2 is 3.12 bits per heavy atom. The molecule has 1 aromatic rings. The van der Waals surface area contributed by atoms with Crippen molar-refractivity contribution in [2.45, 2.75) is 13.2 Å². The van der Waals surface area contributed by atoms with Gasteiger partial charge in [-0.3, -0.25) is 0 Å². The maximum Gasteiger partial charge on any atom is 0.0743 e. The summed E-state index contributed by atoms with van der Waals surface area (Å²) in [5.41, 5.74) is -0.376. The fourth-order valence-electron chi connectivity index (χ4n) is 0.302. The molecule has 1 rings (SSSR count). The van der Waals surface area contributed by atoms with E-state index in [2.05, 4.69) is 15.9 Å². The van der Waals surface area contributed by atoms with Gasteiger partial charge in [-0.15, -0.1) is 11.3 Å². The van der Waals surface area contributed by atoms with Crippen molar-refractivity contribution in [1.29, 1.82) is 0 Å². The lowest BCUT2D eigenvalue weighted by atomic mass is 10.3. The molecule has 0 saturated heterocycles. The summed E-state index contributed by atoms with van der Waals surface area (Å²) < 4.78 is 51.3. The Morgan fingerprint density at radius 3 is 3.62 bits per heavy atom. The first-order valence-electron chi connectivity index (χ1n) is 5.35. The zero-order valence-corrected chi connectivity index (χ0v) is 6.19. The molecule has 0 saturated carbocycles. The molecule has 2 heteroatoms. The van der Waals surface area contributed by atoms with E-state index in [9.17, 15) is 0 Å². The third-order valence-electron chi connectivity index (χ3n) is 0.591. The molecular formula is C6H7BrS. The summed E-state index contributed by atoms with van der Waals surface area (Å²) >= 11 is 3.83. The highest BCUT2D eigenvalue weighted by molar-refractivity contribution is 9.11. The van der Waals surface area contributed by atoms with Crippen LogP contribution in [-0.4, -0.2) is 0 Å². The average Bonchev–Trinajstić information content (AvgIpc) is 2.24. The summed E-state index contributed by atoms with van der Waals surface area (Å²) in [7, 11) is 0. The summed E-state index contributed by atoms with van der Waals surface area (Å²) in [5, 5.41) is -0.229. The van der Waals surface area contributed by atoms with E-state index in [0.717, 1.165) is 11.3 Å². The van der Waals surface area contributed by atoms with Gasteiger partial charge in [0.15, 0.2) is 0 Å². The van der Waals surface area contributed by atoms with Crippen LogP contribution in [0, 0.1) is 0 Å². The van der Waals surface area contributed by atoms with Gasteiger partial charge in [0.25, 0.3) is 0 Å². The number of halogens is 1. The Hall–Kier alpha value is 0.180. The molecule has 0 aromatic carbocycles. The second kappa shape index (κ2) is 2.65. The molecule has 0 atom stereocenters. The maximum absolute atomic E-state index is 7.51. The van der Waals surface area contributed by atoms with Gasteiger partial charge in [0.1, 0.15) is 0 Å². The molecule has 0 aliphatic carbocycles. The quantitative estimate of drug-likeness (QED) is 0.650. The smallest absolute Gasteiger partial charge is 0.0743 e. The van der Waals surface area contributed by atoms with Crippen molar-refractivity contribution in [3.8, 4) is 0 Å². The zero-order valence-electron chi connectivity index (χ0n) is 10.8. The largest absolute Gasteiger partial charge is 0.137 e. The van der Waals surface area contributed by atoms with E-state index in [4.69, 9.17) is 9.60 Å². The van der Waals surface area contributed by atoms with Crippen LogP contribution in [0.15, 0.2) is 15.2 Å². The van der Waals surface area contributed by atoms with Crippen molar-refractivity contribution < 1.29 is 9.60 Å². The second-order valence-electron chi connectivity index (χ2n) is 1.10. The Morgan fingerprint density at radius 1 is 2.25 bits per heavy atom. The highest BCUT2D eigenvalue weighted by atomic mass is 79.9. The SMILES string of the molecule is [2H]c1sc(Br)c([2H])c1C([2H])([2H])C([2H])([2H])[2H]. The Kier molecular flexibility index (Phi) is 0.605. The molecule has 44 valence electrons. The van der Waals surface area contributed by atoms with E-state index in [1.807, 2.05) is 0 Å². The van der Waals surface area contributed by atoms with Gasteiger partial charge in [0, 0.05) is 6.85 Å². The summed E-state index contributed by atoms with van der Waals surface area (Å²) in [4.78, 5) is 0. The molecule has 0 radical (unpaired) electrons. The molecule has 0 aliphatic heterocycles. The molecule has 1 heterocycles. The van der Waals surface area contributed by atoms with E-state index in [0.29, 0.717) is 0 Å². The predicted octanol–water partition coefficient (Wildman–Crippen LogP) is 3.07. The van der Waals surface area contributed by atoms with Crippen molar-refractivity contribution in [1.82, 2.24) is 0 Å². The van der Waals surface area contributed by atoms with Crippen LogP contribution in [0.3, 0.4) is 0 Å². The van der Waals surface area contributed by atoms with Crippen molar-refractivity contribution in [2.75, 3.05) is 0 Å². The topological polar surface area (TPSA) is 0 Å². The van der Waals surface area contributed by atoms with Crippen LogP contribution < -0.4 is 0 Å². The Balaban J connectivity index is 3.39. The van der Waals surface area contributed by atoms with Crippen molar-refractivity contribution in [3.05, 3.63) is 20.7 Å². The molecule has 0 bridgehead atoms. The first kappa shape index (κ1) is 1.83. The summed E-state index contributed by atoms with van der Waals surface area (Å²) in [6.45, 7) is -2.88. The van der Waals surface area contributed by atoms with Gasteiger partial charge in [-0.1, -0.05) is 6.85 Å². The molecule has 0 N–H and O–H groups in total. The number of rotatable bonds is 1. The van der Waals surface area contributed by atoms with Gasteiger partial charge < -0.3 is 0 Å². The summed E-state index contributed by atoms with van der Waals surface area (Å²) in [5.74, 6) is 0. The molecule has 0 amide bonds. The summed E-state index contributed by atoms with van der Waals surface area (Å²) in [6, 6.07) is -0.258. The fraction of sp³-hybridized carbons (Fsp3) is 0.333. The highest BCUT2D eigenvalue weighted by Crippen LogP contribution is 2.20. The minimum absolute atomic E-state index is 0.229. The first-order valence-corrected chi connectivity index (χ1v) is 3.46. The van der Waals surface area contributed by atoms with E-state index < -0.39 is 13.2 Å². The van der Waals surface area contributed by atoms with Crippen LogP contribution >= 0.6 is 27.3 Å².